The third-order valence-corrected chi connectivity index (χ3v) is 11.4. The Hall–Kier alpha value is -8.39. The number of ketones is 1. The molecule has 0 aliphatic rings. The molecular formula is C54H82N12O15. The van der Waals surface area contributed by atoms with Gasteiger partial charge in [-0.15, -0.1) is 0 Å². The Morgan fingerprint density at radius 2 is 1.11 bits per heavy atom. The van der Waals surface area contributed by atoms with Crippen LogP contribution in [-0.2, 0) is 65.8 Å². The van der Waals surface area contributed by atoms with Crippen LogP contribution in [0.1, 0.15) is 131 Å². The molecule has 0 unspecified atom stereocenters. The summed E-state index contributed by atoms with van der Waals surface area (Å²) in [4.78, 5) is 143. The maximum absolute atomic E-state index is 13.3. The van der Waals surface area contributed by atoms with Gasteiger partial charge in [0.1, 0.15) is 43.2 Å². The number of guanidine groups is 1. The fourth-order valence-corrected chi connectivity index (χ4v) is 7.72. The summed E-state index contributed by atoms with van der Waals surface area (Å²) in [6.07, 6.45) is -0.712. The van der Waals surface area contributed by atoms with Crippen molar-refractivity contribution >= 4 is 65.3 Å². The zero-order valence-corrected chi connectivity index (χ0v) is 47.5. The molecule has 0 bridgehead atoms. The van der Waals surface area contributed by atoms with E-state index in [0.29, 0.717) is 25.8 Å². The Morgan fingerprint density at radius 3 is 1.64 bits per heavy atom. The van der Waals surface area contributed by atoms with Gasteiger partial charge >= 0.3 is 18.2 Å². The van der Waals surface area contributed by atoms with Crippen LogP contribution in [0.2, 0.25) is 0 Å². The number of alkyl carbamates (subject to hydrolysis) is 2. The zero-order valence-electron chi connectivity index (χ0n) is 47.5. The fourth-order valence-electron chi connectivity index (χ4n) is 7.72. The van der Waals surface area contributed by atoms with E-state index in [1.807, 2.05) is 60.7 Å². The molecular weight excluding hydrogens is 1060 g/mol. The highest BCUT2D eigenvalue weighted by molar-refractivity contribution is 5.93. The number of esters is 1. The molecule has 81 heavy (non-hydrogen) atoms. The van der Waals surface area contributed by atoms with Crippen LogP contribution in [0.5, 0.6) is 0 Å². The summed E-state index contributed by atoms with van der Waals surface area (Å²) in [7, 11) is 0. The molecule has 0 saturated heterocycles. The SMILES string of the molecule is C[C@H](NC(=O)[C@H](CCCN=C(N)N[N+](=O)[O-])NC(=O)CNC(=O)OC(C)(C)C)C(=O)N[C@@H](C)CC(=O)N[C@@H](C)CC(=O)N[C@@H](C)CC(=O)N[C@@H](C)CC(=O)C[C@@H](CCCCNC(=O)OCc1ccccc1)C(=O)OCc1ccccc1. The molecule has 0 aromatic heterocycles. The number of nitrogens with zero attached hydrogens (tertiary/aromatic N) is 2. The standard InChI is InChI=1S/C54H82N12O15/c1-34(26-42(67)30-41(50(74)79-32-39-18-11-9-12-19-39)22-15-16-24-57-52(75)80-33-40-20-13-10-14-21-40)59-44(68)27-35(2)60-45(69)28-36(3)61-46(70)29-37(4)62-48(72)38(5)63-49(73)43(23-17-25-56-51(55)65-66(77)78)64-47(71)31-58-53(76)81-54(6,7)8/h9-14,18-21,34-38,41,43H,15-17,22-33H2,1-8H3,(H,57,75)(H,58,76)(H,59,68)(H,60,69)(H,61,70)(H,62,72)(H,63,73)(H,64,71)(H3,55,56,65)/t34-,35-,36-,37-,38-,41+,43-/m0/s1. The van der Waals surface area contributed by atoms with E-state index in [2.05, 4.69) is 47.5 Å². The second-order valence-corrected chi connectivity index (χ2v) is 20.6. The molecule has 27 nitrogen and oxygen atoms in total. The van der Waals surface area contributed by atoms with Crippen molar-refractivity contribution in [2.75, 3.05) is 19.6 Å². The lowest BCUT2D eigenvalue weighted by Crippen LogP contribution is -2.55. The van der Waals surface area contributed by atoms with Crippen LogP contribution in [0.4, 0.5) is 9.59 Å². The van der Waals surface area contributed by atoms with Crippen molar-refractivity contribution in [1.82, 2.24) is 48.0 Å². The Kier molecular flexibility index (Phi) is 31.1. The van der Waals surface area contributed by atoms with Gasteiger partial charge in [0.15, 0.2) is 5.03 Å². The molecule has 0 saturated carbocycles. The monoisotopic (exact) mass is 1140 g/mol. The Balaban J connectivity index is 1.81. The number of ether oxygens (including phenoxy) is 3. The van der Waals surface area contributed by atoms with Crippen LogP contribution in [0.3, 0.4) is 0 Å². The van der Waals surface area contributed by atoms with Gasteiger partial charge in [0.05, 0.1) is 5.92 Å². The predicted molar refractivity (Wildman–Crippen MR) is 296 cm³/mol. The van der Waals surface area contributed by atoms with Gasteiger partial charge in [0.2, 0.25) is 35.4 Å². The first-order chi connectivity index (χ1) is 38.2. The number of amides is 8. The number of aliphatic imine (C=N–C) groups is 1. The average Bonchev–Trinajstić information content (AvgIpc) is 3.37. The van der Waals surface area contributed by atoms with E-state index in [4.69, 9.17) is 19.9 Å². The van der Waals surface area contributed by atoms with Gasteiger partial charge in [-0.05, 0) is 92.2 Å². The largest absolute Gasteiger partial charge is 0.461 e. The van der Waals surface area contributed by atoms with Crippen molar-refractivity contribution in [3.63, 3.8) is 0 Å². The molecule has 2 aromatic carbocycles. The molecule has 0 aliphatic heterocycles. The summed E-state index contributed by atoms with van der Waals surface area (Å²) >= 11 is 0. The van der Waals surface area contributed by atoms with E-state index in [1.54, 1.807) is 53.9 Å². The highest BCUT2D eigenvalue weighted by Gasteiger charge is 2.28. The number of nitrogens with two attached hydrogens (primary N) is 1. The van der Waals surface area contributed by atoms with E-state index < -0.39 is 119 Å². The molecule has 0 heterocycles. The lowest BCUT2D eigenvalue weighted by Gasteiger charge is -2.23. The van der Waals surface area contributed by atoms with Crippen molar-refractivity contribution in [3.05, 3.63) is 81.9 Å². The highest BCUT2D eigenvalue weighted by atomic mass is 16.7. The van der Waals surface area contributed by atoms with Gasteiger partial charge in [-0.2, -0.15) is 0 Å². The summed E-state index contributed by atoms with van der Waals surface area (Å²) in [5, 5.41) is 30.4. The average molecular weight is 1140 g/mol. The van der Waals surface area contributed by atoms with Crippen molar-refractivity contribution in [2.45, 2.75) is 175 Å². The smallest absolute Gasteiger partial charge is 0.408 e. The Morgan fingerprint density at radius 1 is 0.593 bits per heavy atom. The van der Waals surface area contributed by atoms with Crippen LogP contribution in [0, 0.1) is 16.0 Å². The number of nitrogens with one attached hydrogen (secondary N) is 9. The topological polar surface area (TPSA) is 388 Å². The minimum Gasteiger partial charge on any atom is -0.461 e. The highest BCUT2D eigenvalue weighted by Crippen LogP contribution is 2.19. The molecule has 0 fully saturated rings. The van der Waals surface area contributed by atoms with Crippen molar-refractivity contribution in [2.24, 2.45) is 16.6 Å². The Labute approximate surface area is 472 Å². The lowest BCUT2D eigenvalue weighted by atomic mass is 9.94. The summed E-state index contributed by atoms with van der Waals surface area (Å²) in [6, 6.07) is 13.3. The molecule has 0 radical (unpaired) electrons. The maximum Gasteiger partial charge on any atom is 0.408 e. The normalized spacial score (nSPS) is 13.8. The van der Waals surface area contributed by atoms with Crippen LogP contribution < -0.4 is 53.7 Å². The number of unbranched alkanes of at least 4 members (excludes halogenated alkanes) is 1. The summed E-state index contributed by atoms with van der Waals surface area (Å²) < 4.78 is 15.9. The zero-order chi connectivity index (χ0) is 60.5. The third-order valence-electron chi connectivity index (χ3n) is 11.4. The summed E-state index contributed by atoms with van der Waals surface area (Å²) in [5.41, 5.74) is 7.91. The van der Waals surface area contributed by atoms with Crippen molar-refractivity contribution in [1.29, 1.82) is 0 Å². The minimum atomic E-state index is -1.25. The van der Waals surface area contributed by atoms with E-state index in [9.17, 15) is 58.1 Å². The number of hydrogen-bond donors (Lipinski definition) is 10. The number of hydrazine groups is 1. The lowest BCUT2D eigenvalue weighted by molar-refractivity contribution is -0.525. The van der Waals surface area contributed by atoms with Gasteiger partial charge < -0.3 is 62.5 Å². The minimum absolute atomic E-state index is 0.0340. The van der Waals surface area contributed by atoms with Crippen LogP contribution in [0.15, 0.2) is 65.7 Å². The van der Waals surface area contributed by atoms with Crippen molar-refractivity contribution in [3.8, 4) is 0 Å². The summed E-state index contributed by atoms with van der Waals surface area (Å²) in [6.45, 7) is 12.5. The molecule has 7 atom stereocenters. The first kappa shape index (κ1) is 68.7. The van der Waals surface area contributed by atoms with Gasteiger partial charge in [-0.3, -0.25) is 38.4 Å². The molecule has 2 rings (SSSR count). The molecule has 448 valence electrons. The van der Waals surface area contributed by atoms with Crippen LogP contribution >= 0.6 is 0 Å². The maximum atomic E-state index is 13.3. The first-order valence-corrected chi connectivity index (χ1v) is 26.8. The van der Waals surface area contributed by atoms with E-state index in [0.717, 1.165) is 11.1 Å². The van der Waals surface area contributed by atoms with E-state index in [1.165, 1.54) is 6.92 Å². The van der Waals surface area contributed by atoms with Crippen molar-refractivity contribution < 1.29 is 67.2 Å². The fraction of sp³-hybridized carbons (Fsp3) is 0.574. The number of rotatable bonds is 35. The third kappa shape index (κ3) is 33.0. The van der Waals surface area contributed by atoms with Gasteiger partial charge in [0, 0.05) is 69.4 Å². The summed E-state index contributed by atoms with van der Waals surface area (Å²) in [5.74, 6) is -5.65. The molecule has 11 N–H and O–H groups in total. The van der Waals surface area contributed by atoms with Gasteiger partial charge in [0.25, 0.3) is 5.96 Å². The van der Waals surface area contributed by atoms with Gasteiger partial charge in [-0.1, -0.05) is 72.5 Å². The molecule has 8 amide bonds. The molecule has 27 heteroatoms. The molecule has 0 aliphatic carbocycles. The Bertz CT molecular complexity index is 2420. The van der Waals surface area contributed by atoms with Gasteiger partial charge in [-0.25, -0.2) is 24.7 Å². The number of carbonyl (C=O) groups is 10. The second kappa shape index (κ2) is 36.7. The predicted octanol–water partition coefficient (Wildman–Crippen LogP) is 2.37. The number of Topliss-reactive ketones (excluding diaryl/α,β-unsaturated/α-hetero) is 1. The quantitative estimate of drug-likeness (QED) is 0.00901. The second-order valence-electron chi connectivity index (χ2n) is 20.6. The van der Waals surface area contributed by atoms with E-state index in [-0.39, 0.29) is 70.5 Å². The first-order valence-electron chi connectivity index (χ1n) is 26.8. The number of carbonyl (C=O) groups excluding carboxylic acids is 10. The number of hydrogen-bond acceptors (Lipinski definition) is 16. The number of benzene rings is 2. The number of nitro groups is 1. The molecule has 2 aromatic rings. The molecule has 0 spiro atoms. The van der Waals surface area contributed by atoms with E-state index >= 15 is 0 Å². The van der Waals surface area contributed by atoms with Crippen LogP contribution in [-0.4, -0.2) is 132 Å². The van der Waals surface area contributed by atoms with Crippen LogP contribution in [0.25, 0.3) is 0 Å².